The zero-order valence-electron chi connectivity index (χ0n) is 12.2. The Labute approximate surface area is 148 Å². The molecule has 0 unspecified atom stereocenters. The van der Waals surface area contributed by atoms with Crippen molar-refractivity contribution in [2.75, 3.05) is 26.2 Å². The van der Waals surface area contributed by atoms with Crippen LogP contribution in [0, 0.1) is 11.7 Å². The van der Waals surface area contributed by atoms with Crippen molar-refractivity contribution in [3.05, 3.63) is 28.5 Å². The second-order valence-corrected chi connectivity index (χ2v) is 6.12. The van der Waals surface area contributed by atoms with E-state index < -0.39 is 0 Å². The summed E-state index contributed by atoms with van der Waals surface area (Å²) in [6.07, 6.45) is 3.39. The number of phenols is 1. The lowest BCUT2D eigenvalue weighted by atomic mass is 9.76. The first-order chi connectivity index (χ1) is 9.68. The minimum Gasteiger partial charge on any atom is -0.506 e. The van der Waals surface area contributed by atoms with Gasteiger partial charge in [-0.2, -0.15) is 0 Å². The van der Waals surface area contributed by atoms with Gasteiger partial charge in [-0.25, -0.2) is 4.39 Å². The van der Waals surface area contributed by atoms with Gasteiger partial charge in [0.1, 0.15) is 11.6 Å². The van der Waals surface area contributed by atoms with Crippen molar-refractivity contribution < 1.29 is 9.50 Å². The Morgan fingerprint density at radius 2 is 1.86 bits per heavy atom. The maximum absolute atomic E-state index is 14.3. The molecule has 0 aromatic heterocycles. The molecule has 0 amide bonds. The average Bonchev–Trinajstić information content (AvgIpc) is 2.41. The first kappa shape index (κ1) is 19.8. The maximum atomic E-state index is 14.3. The highest BCUT2D eigenvalue weighted by molar-refractivity contribution is 6.32. The van der Waals surface area contributed by atoms with E-state index in [0.717, 1.165) is 39.0 Å². The molecule has 2 fully saturated rings. The molecule has 1 saturated carbocycles. The van der Waals surface area contributed by atoms with Crippen molar-refractivity contribution in [1.29, 1.82) is 0 Å². The van der Waals surface area contributed by atoms with Crippen LogP contribution in [0.2, 0.25) is 5.02 Å². The third-order valence-electron chi connectivity index (χ3n) is 4.55. The third-order valence-corrected chi connectivity index (χ3v) is 4.86. The normalized spacial score (nSPS) is 20.5. The summed E-state index contributed by atoms with van der Waals surface area (Å²) in [6.45, 7) is 3.58. The minimum atomic E-state index is -0.345. The molecule has 1 heterocycles. The SMILES string of the molecule is Cl.Cl.Oc1c(Cl)ccc(F)c1[C@H](C1CCC1)N1CCNCC1. The van der Waals surface area contributed by atoms with Crippen molar-refractivity contribution >= 4 is 36.4 Å². The summed E-state index contributed by atoms with van der Waals surface area (Å²) in [4.78, 5) is 2.29. The molecule has 1 aliphatic heterocycles. The Hall–Kier alpha value is -0.260. The van der Waals surface area contributed by atoms with Gasteiger partial charge in [0.15, 0.2) is 0 Å². The highest BCUT2D eigenvalue weighted by Gasteiger charge is 2.37. The van der Waals surface area contributed by atoms with Crippen LogP contribution in [0.25, 0.3) is 0 Å². The van der Waals surface area contributed by atoms with Gasteiger partial charge in [0, 0.05) is 37.8 Å². The number of phenolic OH excluding ortho intramolecular Hbond substituents is 1. The van der Waals surface area contributed by atoms with Gasteiger partial charge in [-0.15, -0.1) is 24.8 Å². The number of aromatic hydroxyl groups is 1. The number of halogens is 4. The van der Waals surface area contributed by atoms with Crippen molar-refractivity contribution in [2.45, 2.75) is 25.3 Å². The van der Waals surface area contributed by atoms with Gasteiger partial charge >= 0.3 is 0 Å². The first-order valence-corrected chi connectivity index (χ1v) is 7.68. The van der Waals surface area contributed by atoms with Crippen LogP contribution in [0.3, 0.4) is 0 Å². The molecule has 2 aliphatic rings. The molecule has 7 heteroatoms. The molecule has 0 radical (unpaired) electrons. The molecule has 3 nitrogen and oxygen atoms in total. The van der Waals surface area contributed by atoms with Crippen LogP contribution in [0.1, 0.15) is 30.9 Å². The molecular formula is C15H22Cl3FN2O. The molecule has 22 heavy (non-hydrogen) atoms. The molecule has 126 valence electrons. The topological polar surface area (TPSA) is 35.5 Å². The van der Waals surface area contributed by atoms with E-state index in [1.165, 1.54) is 18.6 Å². The van der Waals surface area contributed by atoms with Crippen LogP contribution in [0.5, 0.6) is 5.75 Å². The summed E-state index contributed by atoms with van der Waals surface area (Å²) in [6, 6.07) is 2.74. The Morgan fingerprint density at radius 1 is 1.23 bits per heavy atom. The number of benzene rings is 1. The zero-order chi connectivity index (χ0) is 14.1. The molecular weight excluding hydrogens is 350 g/mol. The summed E-state index contributed by atoms with van der Waals surface area (Å²) < 4.78 is 14.3. The molecule has 1 saturated heterocycles. The molecule has 3 rings (SSSR count). The van der Waals surface area contributed by atoms with E-state index in [4.69, 9.17) is 11.6 Å². The second kappa shape index (κ2) is 8.55. The quantitative estimate of drug-likeness (QED) is 0.849. The van der Waals surface area contributed by atoms with Crippen LogP contribution in [0.15, 0.2) is 12.1 Å². The van der Waals surface area contributed by atoms with Crippen LogP contribution < -0.4 is 5.32 Å². The average molecular weight is 372 g/mol. The Kier molecular flexibility index (Phi) is 7.69. The highest BCUT2D eigenvalue weighted by Crippen LogP contribution is 2.46. The first-order valence-electron chi connectivity index (χ1n) is 7.30. The van der Waals surface area contributed by atoms with E-state index >= 15 is 0 Å². The van der Waals surface area contributed by atoms with Gasteiger partial charge in [0.25, 0.3) is 0 Å². The summed E-state index contributed by atoms with van der Waals surface area (Å²) in [7, 11) is 0. The Morgan fingerprint density at radius 3 is 2.41 bits per heavy atom. The minimum absolute atomic E-state index is 0. The predicted octanol–water partition coefficient (Wildman–Crippen LogP) is 3.77. The van der Waals surface area contributed by atoms with Crippen molar-refractivity contribution in [1.82, 2.24) is 10.2 Å². The molecule has 2 N–H and O–H groups in total. The lowest BCUT2D eigenvalue weighted by molar-refractivity contribution is 0.0793. The molecule has 1 aromatic rings. The highest BCUT2D eigenvalue weighted by atomic mass is 35.5. The summed E-state index contributed by atoms with van der Waals surface area (Å²) in [5.74, 6) is -0.00333. The third kappa shape index (κ3) is 3.80. The van der Waals surface area contributed by atoms with Crippen LogP contribution in [-0.4, -0.2) is 36.2 Å². The second-order valence-electron chi connectivity index (χ2n) is 5.71. The largest absolute Gasteiger partial charge is 0.506 e. The lowest BCUT2D eigenvalue weighted by Gasteiger charge is -2.43. The van der Waals surface area contributed by atoms with Crippen molar-refractivity contribution in [2.24, 2.45) is 5.92 Å². The molecule has 1 aliphatic carbocycles. The van der Waals surface area contributed by atoms with Crippen LogP contribution in [0.4, 0.5) is 4.39 Å². The van der Waals surface area contributed by atoms with E-state index in [2.05, 4.69) is 10.2 Å². The zero-order valence-corrected chi connectivity index (χ0v) is 14.6. The van der Waals surface area contributed by atoms with Gasteiger partial charge in [0.05, 0.1) is 5.02 Å². The Bertz CT molecular complexity index is 494. The summed E-state index contributed by atoms with van der Waals surface area (Å²) in [5, 5.41) is 13.8. The van der Waals surface area contributed by atoms with Gasteiger partial charge in [-0.05, 0) is 30.9 Å². The maximum Gasteiger partial charge on any atom is 0.141 e. The van der Waals surface area contributed by atoms with E-state index in [1.807, 2.05) is 0 Å². The number of piperazine rings is 1. The monoisotopic (exact) mass is 370 g/mol. The molecule has 0 bridgehead atoms. The number of hydrogen-bond acceptors (Lipinski definition) is 3. The van der Waals surface area contributed by atoms with Crippen molar-refractivity contribution in [3.63, 3.8) is 0 Å². The van der Waals surface area contributed by atoms with Gasteiger partial charge in [-0.3, -0.25) is 4.90 Å². The van der Waals surface area contributed by atoms with E-state index in [-0.39, 0.29) is 47.4 Å². The fourth-order valence-electron chi connectivity index (χ4n) is 3.27. The van der Waals surface area contributed by atoms with E-state index in [0.29, 0.717) is 11.5 Å². The van der Waals surface area contributed by atoms with Crippen LogP contribution >= 0.6 is 36.4 Å². The predicted molar refractivity (Wildman–Crippen MR) is 92.1 cm³/mol. The van der Waals surface area contributed by atoms with E-state index in [1.54, 1.807) is 0 Å². The number of hydrogen-bond donors (Lipinski definition) is 2. The fraction of sp³-hybridized carbons (Fsp3) is 0.600. The molecule has 1 aromatic carbocycles. The smallest absolute Gasteiger partial charge is 0.141 e. The van der Waals surface area contributed by atoms with Crippen LogP contribution in [-0.2, 0) is 0 Å². The number of rotatable bonds is 3. The van der Waals surface area contributed by atoms with Gasteiger partial charge < -0.3 is 10.4 Å². The molecule has 1 atom stereocenters. The number of nitrogens with one attached hydrogen (secondary N) is 1. The molecule has 0 spiro atoms. The standard InChI is InChI=1S/C15H20ClFN2O.2ClH/c16-11-4-5-12(17)13(15(11)20)14(10-2-1-3-10)19-8-6-18-7-9-19;;/h4-5,10,14,18,20H,1-3,6-9H2;2*1H/t14-;;/m0../s1. The lowest BCUT2D eigenvalue weighted by Crippen LogP contribution is -2.48. The number of nitrogens with zero attached hydrogens (tertiary/aromatic N) is 1. The summed E-state index contributed by atoms with van der Waals surface area (Å²) >= 11 is 5.99. The van der Waals surface area contributed by atoms with Gasteiger partial charge in [0.2, 0.25) is 0 Å². The van der Waals surface area contributed by atoms with E-state index in [9.17, 15) is 9.50 Å². The van der Waals surface area contributed by atoms with Crippen molar-refractivity contribution in [3.8, 4) is 5.75 Å². The van der Waals surface area contributed by atoms with Gasteiger partial charge in [-0.1, -0.05) is 18.0 Å². The fourth-order valence-corrected chi connectivity index (χ4v) is 3.44. The Balaban J connectivity index is 0.00000121. The summed E-state index contributed by atoms with van der Waals surface area (Å²) in [5.41, 5.74) is 0.393.